The zero-order valence-electron chi connectivity index (χ0n) is 15.1. The molecule has 0 saturated carbocycles. The lowest BCUT2D eigenvalue weighted by Gasteiger charge is -2.45. The van der Waals surface area contributed by atoms with Crippen molar-refractivity contribution >= 4 is 0 Å². The van der Waals surface area contributed by atoms with Gasteiger partial charge in [-0.1, -0.05) is 41.0 Å². The molecule has 124 valence electrons. The van der Waals surface area contributed by atoms with Gasteiger partial charge < -0.3 is 9.80 Å². The predicted molar refractivity (Wildman–Crippen MR) is 92.6 cm³/mol. The summed E-state index contributed by atoms with van der Waals surface area (Å²) in [4.78, 5) is 5.47. The molecule has 0 aromatic carbocycles. The van der Waals surface area contributed by atoms with Gasteiger partial charge in [0.15, 0.2) is 0 Å². The van der Waals surface area contributed by atoms with E-state index in [1.54, 1.807) is 0 Å². The molecule has 21 heavy (non-hydrogen) atoms. The molecule has 2 aliphatic rings. The zero-order valence-corrected chi connectivity index (χ0v) is 15.1. The molecule has 0 spiro atoms. The van der Waals surface area contributed by atoms with Crippen LogP contribution >= 0.6 is 0 Å². The van der Waals surface area contributed by atoms with Crippen LogP contribution < -0.4 is 0 Å². The van der Waals surface area contributed by atoms with E-state index in [1.807, 2.05) is 0 Å². The maximum Gasteiger partial charge on any atom is 0.00157 e. The van der Waals surface area contributed by atoms with E-state index in [1.165, 1.54) is 58.5 Å². The van der Waals surface area contributed by atoms with Gasteiger partial charge in [0.25, 0.3) is 0 Å². The summed E-state index contributed by atoms with van der Waals surface area (Å²) in [5, 5.41) is 0. The van der Waals surface area contributed by atoms with Gasteiger partial charge in [0.05, 0.1) is 0 Å². The minimum atomic E-state index is 0.800. The molecule has 2 nitrogen and oxygen atoms in total. The lowest BCUT2D eigenvalue weighted by Crippen LogP contribution is -2.50. The molecule has 2 heterocycles. The van der Waals surface area contributed by atoms with Gasteiger partial charge in [-0.25, -0.2) is 0 Å². The number of hydrogen-bond donors (Lipinski definition) is 0. The summed E-state index contributed by atoms with van der Waals surface area (Å²) in [5.41, 5.74) is 0. The van der Waals surface area contributed by atoms with Gasteiger partial charge in [0.1, 0.15) is 0 Å². The molecule has 2 aliphatic heterocycles. The summed E-state index contributed by atoms with van der Waals surface area (Å²) in [7, 11) is 0. The Labute approximate surface area is 133 Å². The molecule has 0 N–H and O–H groups in total. The van der Waals surface area contributed by atoms with Crippen LogP contribution in [0.25, 0.3) is 0 Å². The molecule has 2 rings (SSSR count). The van der Waals surface area contributed by atoms with Crippen LogP contribution in [-0.2, 0) is 0 Å². The third-order valence-electron chi connectivity index (χ3n) is 5.93. The van der Waals surface area contributed by atoms with Crippen molar-refractivity contribution in [3.05, 3.63) is 0 Å². The van der Waals surface area contributed by atoms with Crippen LogP contribution in [0.1, 0.15) is 53.9 Å². The number of rotatable bonds is 5. The number of hydrogen-bond acceptors (Lipinski definition) is 2. The summed E-state index contributed by atoms with van der Waals surface area (Å²) >= 11 is 0. The first-order chi connectivity index (χ1) is 9.99. The van der Waals surface area contributed by atoms with E-state index < -0.39 is 0 Å². The van der Waals surface area contributed by atoms with Crippen molar-refractivity contribution in [1.82, 2.24) is 9.80 Å². The van der Waals surface area contributed by atoms with E-state index in [4.69, 9.17) is 0 Å². The number of piperidine rings is 2. The van der Waals surface area contributed by atoms with Crippen molar-refractivity contribution in [2.24, 2.45) is 29.6 Å². The predicted octanol–water partition coefficient (Wildman–Crippen LogP) is 3.97. The fraction of sp³-hybridized carbons (Fsp3) is 1.00. The standard InChI is InChI=1S/C19H38N2/c1-6-18-7-9-20(10-8-18)14-19-16(4)12-21(11-15(2)3)13-17(19)5/h15-19H,6-14H2,1-5H3/t16-,17+,19?. The van der Waals surface area contributed by atoms with Crippen molar-refractivity contribution < 1.29 is 0 Å². The molecule has 2 heteroatoms. The second kappa shape index (κ2) is 7.97. The third-order valence-corrected chi connectivity index (χ3v) is 5.93. The van der Waals surface area contributed by atoms with E-state index in [0.29, 0.717) is 0 Å². The van der Waals surface area contributed by atoms with Crippen LogP contribution in [0.4, 0.5) is 0 Å². The highest BCUT2D eigenvalue weighted by molar-refractivity contribution is 4.86. The molecule has 0 aromatic heterocycles. The Morgan fingerprint density at radius 1 is 0.952 bits per heavy atom. The monoisotopic (exact) mass is 294 g/mol. The Bertz CT molecular complexity index is 282. The normalized spacial score (nSPS) is 33.7. The maximum absolute atomic E-state index is 2.77. The number of likely N-dealkylation sites (tertiary alicyclic amines) is 2. The van der Waals surface area contributed by atoms with Gasteiger partial charge in [-0.15, -0.1) is 0 Å². The summed E-state index contributed by atoms with van der Waals surface area (Å²) in [6.45, 7) is 20.0. The summed E-state index contributed by atoms with van der Waals surface area (Å²) in [6, 6.07) is 0. The molecule has 2 saturated heterocycles. The van der Waals surface area contributed by atoms with Crippen LogP contribution in [0.2, 0.25) is 0 Å². The molecule has 2 fully saturated rings. The van der Waals surface area contributed by atoms with Crippen molar-refractivity contribution in [2.45, 2.75) is 53.9 Å². The molecular weight excluding hydrogens is 256 g/mol. The first-order valence-electron chi connectivity index (χ1n) is 9.44. The van der Waals surface area contributed by atoms with Crippen molar-refractivity contribution in [3.8, 4) is 0 Å². The summed E-state index contributed by atoms with van der Waals surface area (Å²) in [5.74, 6) is 4.43. The van der Waals surface area contributed by atoms with Gasteiger partial charge in [-0.05, 0) is 55.5 Å². The van der Waals surface area contributed by atoms with Crippen LogP contribution in [0.15, 0.2) is 0 Å². The lowest BCUT2D eigenvalue weighted by molar-refractivity contribution is 0.0376. The van der Waals surface area contributed by atoms with Gasteiger partial charge in [-0.2, -0.15) is 0 Å². The average Bonchev–Trinajstić information content (AvgIpc) is 2.43. The Morgan fingerprint density at radius 3 is 2.00 bits per heavy atom. The Balaban J connectivity index is 1.81. The quantitative estimate of drug-likeness (QED) is 0.757. The molecule has 3 atom stereocenters. The van der Waals surface area contributed by atoms with E-state index in [2.05, 4.69) is 44.4 Å². The molecule has 0 amide bonds. The maximum atomic E-state index is 2.77. The fourth-order valence-corrected chi connectivity index (χ4v) is 4.62. The summed E-state index contributed by atoms with van der Waals surface area (Å²) in [6.07, 6.45) is 4.26. The fourth-order valence-electron chi connectivity index (χ4n) is 4.62. The van der Waals surface area contributed by atoms with E-state index in [0.717, 1.165) is 29.6 Å². The number of nitrogens with zero attached hydrogens (tertiary/aromatic N) is 2. The topological polar surface area (TPSA) is 6.48 Å². The van der Waals surface area contributed by atoms with Gasteiger partial charge in [0, 0.05) is 26.2 Å². The molecule has 0 aromatic rings. The van der Waals surface area contributed by atoms with Crippen LogP contribution in [0.3, 0.4) is 0 Å². The van der Waals surface area contributed by atoms with Crippen LogP contribution in [0.5, 0.6) is 0 Å². The van der Waals surface area contributed by atoms with Crippen molar-refractivity contribution in [2.75, 3.05) is 39.3 Å². The highest BCUT2D eigenvalue weighted by atomic mass is 15.2. The highest BCUT2D eigenvalue weighted by Gasteiger charge is 2.33. The molecule has 0 aliphatic carbocycles. The third kappa shape index (κ3) is 4.96. The first kappa shape index (κ1) is 17.3. The Morgan fingerprint density at radius 2 is 1.52 bits per heavy atom. The van der Waals surface area contributed by atoms with Crippen molar-refractivity contribution in [1.29, 1.82) is 0 Å². The largest absolute Gasteiger partial charge is 0.303 e. The molecule has 0 radical (unpaired) electrons. The molecule has 1 unspecified atom stereocenters. The minimum Gasteiger partial charge on any atom is -0.303 e. The second-order valence-electron chi connectivity index (χ2n) is 8.38. The van der Waals surface area contributed by atoms with E-state index >= 15 is 0 Å². The first-order valence-corrected chi connectivity index (χ1v) is 9.44. The van der Waals surface area contributed by atoms with Crippen LogP contribution in [-0.4, -0.2) is 49.1 Å². The van der Waals surface area contributed by atoms with E-state index in [-0.39, 0.29) is 0 Å². The van der Waals surface area contributed by atoms with Gasteiger partial charge in [-0.3, -0.25) is 0 Å². The highest BCUT2D eigenvalue weighted by Crippen LogP contribution is 2.31. The molecular formula is C19H38N2. The second-order valence-corrected chi connectivity index (χ2v) is 8.38. The van der Waals surface area contributed by atoms with Crippen LogP contribution in [0, 0.1) is 29.6 Å². The summed E-state index contributed by atoms with van der Waals surface area (Å²) < 4.78 is 0. The van der Waals surface area contributed by atoms with Gasteiger partial charge >= 0.3 is 0 Å². The van der Waals surface area contributed by atoms with E-state index in [9.17, 15) is 0 Å². The Hall–Kier alpha value is -0.0800. The smallest absolute Gasteiger partial charge is 0.00157 e. The lowest BCUT2D eigenvalue weighted by atomic mass is 9.78. The minimum absolute atomic E-state index is 0.800. The average molecular weight is 295 g/mol. The van der Waals surface area contributed by atoms with Gasteiger partial charge in [0.2, 0.25) is 0 Å². The Kier molecular flexibility index (Phi) is 6.55. The van der Waals surface area contributed by atoms with Crippen molar-refractivity contribution in [3.63, 3.8) is 0 Å². The zero-order chi connectivity index (χ0) is 15.4. The molecule has 0 bridgehead atoms. The SMILES string of the molecule is CCC1CCN(CC2[C@H](C)CN(CC(C)C)C[C@@H]2C)CC1.